The van der Waals surface area contributed by atoms with Crippen LogP contribution in [0.5, 0.6) is 0 Å². The molecule has 1 N–H and O–H groups in total. The first-order valence-corrected chi connectivity index (χ1v) is 8.36. The van der Waals surface area contributed by atoms with Gasteiger partial charge >= 0.3 is 0 Å². The molecule has 2 aliphatic rings. The van der Waals surface area contributed by atoms with E-state index in [1.165, 1.54) is 24.6 Å². The molecule has 1 aromatic rings. The fourth-order valence-corrected chi connectivity index (χ4v) is 3.74. The van der Waals surface area contributed by atoms with Gasteiger partial charge in [0.1, 0.15) is 0 Å². The lowest BCUT2D eigenvalue weighted by Gasteiger charge is -2.02. The second-order valence-corrected chi connectivity index (χ2v) is 6.94. The van der Waals surface area contributed by atoms with Crippen molar-refractivity contribution in [2.24, 2.45) is 4.99 Å². The smallest absolute Gasteiger partial charge is 0.264 e. The number of halogens is 1. The first-order chi connectivity index (χ1) is 9.70. The number of rotatable bonds is 2. The van der Waals surface area contributed by atoms with Crippen molar-refractivity contribution in [3.63, 3.8) is 0 Å². The Bertz CT molecular complexity index is 591. The third kappa shape index (κ3) is 3.33. The number of nitrogens with zero attached hydrogens (tertiary/aromatic N) is 1. The summed E-state index contributed by atoms with van der Waals surface area (Å²) in [5.74, 6) is -0.0493. The predicted octanol–water partition coefficient (Wildman–Crippen LogP) is 3.95. The van der Waals surface area contributed by atoms with Crippen LogP contribution in [0.15, 0.2) is 38.6 Å². The van der Waals surface area contributed by atoms with E-state index in [9.17, 15) is 4.79 Å². The molecule has 0 aromatic heterocycles. The maximum atomic E-state index is 12.0. The second kappa shape index (κ2) is 6.14. The molecule has 0 unspecified atom stereocenters. The summed E-state index contributed by atoms with van der Waals surface area (Å²) in [4.78, 5) is 17.3. The van der Waals surface area contributed by atoms with Crippen LogP contribution in [0.2, 0.25) is 0 Å². The van der Waals surface area contributed by atoms with Gasteiger partial charge in [-0.15, -0.1) is 0 Å². The summed E-state index contributed by atoms with van der Waals surface area (Å²) in [6, 6.07) is 8.30. The van der Waals surface area contributed by atoms with E-state index in [1.807, 2.05) is 30.3 Å². The van der Waals surface area contributed by atoms with E-state index < -0.39 is 0 Å². The molecule has 2 fully saturated rings. The van der Waals surface area contributed by atoms with Crippen molar-refractivity contribution in [2.45, 2.75) is 31.7 Å². The Morgan fingerprint density at radius 1 is 1.35 bits per heavy atom. The van der Waals surface area contributed by atoms with Crippen LogP contribution >= 0.6 is 27.7 Å². The van der Waals surface area contributed by atoms with Crippen LogP contribution in [-0.4, -0.2) is 17.1 Å². The van der Waals surface area contributed by atoms with E-state index in [-0.39, 0.29) is 5.91 Å². The highest BCUT2D eigenvalue weighted by atomic mass is 79.9. The van der Waals surface area contributed by atoms with E-state index in [2.05, 4.69) is 26.2 Å². The third-order valence-corrected chi connectivity index (χ3v) is 4.84. The van der Waals surface area contributed by atoms with Crippen molar-refractivity contribution in [3.8, 4) is 0 Å². The maximum Gasteiger partial charge on any atom is 0.264 e. The number of hydrogen-bond acceptors (Lipinski definition) is 3. The van der Waals surface area contributed by atoms with Crippen molar-refractivity contribution in [1.82, 2.24) is 5.32 Å². The monoisotopic (exact) mass is 350 g/mol. The highest BCUT2D eigenvalue weighted by Gasteiger charge is 2.25. The molecule has 3 rings (SSSR count). The van der Waals surface area contributed by atoms with Crippen LogP contribution in [-0.2, 0) is 4.79 Å². The quantitative estimate of drug-likeness (QED) is 0.820. The lowest BCUT2D eigenvalue weighted by molar-refractivity contribution is -0.115. The fourth-order valence-electron chi connectivity index (χ4n) is 2.44. The highest BCUT2D eigenvalue weighted by molar-refractivity contribution is 9.10. The van der Waals surface area contributed by atoms with E-state index in [0.29, 0.717) is 10.9 Å². The van der Waals surface area contributed by atoms with Gasteiger partial charge < -0.3 is 5.32 Å². The minimum atomic E-state index is -0.0493. The van der Waals surface area contributed by atoms with Gasteiger partial charge in [-0.05, 0) is 48.4 Å². The van der Waals surface area contributed by atoms with Crippen molar-refractivity contribution < 1.29 is 4.79 Å². The lowest BCUT2D eigenvalue weighted by Crippen LogP contribution is -2.21. The van der Waals surface area contributed by atoms with Gasteiger partial charge in [0.05, 0.1) is 10.9 Å². The molecule has 0 atom stereocenters. The Balaban J connectivity index is 1.76. The van der Waals surface area contributed by atoms with Gasteiger partial charge in [0.2, 0.25) is 0 Å². The van der Waals surface area contributed by atoms with Gasteiger partial charge in [-0.2, -0.15) is 0 Å². The Hall–Kier alpha value is -1.07. The molecule has 1 aliphatic heterocycles. The molecule has 0 spiro atoms. The van der Waals surface area contributed by atoms with Crippen LogP contribution in [0.4, 0.5) is 0 Å². The summed E-state index contributed by atoms with van der Waals surface area (Å²) in [5, 5.41) is 3.61. The molecule has 1 amide bonds. The Kier molecular flexibility index (Phi) is 4.27. The number of benzene rings is 1. The zero-order valence-electron chi connectivity index (χ0n) is 10.9. The summed E-state index contributed by atoms with van der Waals surface area (Å²) in [5.41, 5.74) is 1.01. The van der Waals surface area contributed by atoms with Crippen molar-refractivity contribution >= 4 is 44.8 Å². The van der Waals surface area contributed by atoms with Crippen LogP contribution < -0.4 is 5.32 Å². The molecular formula is C15H15BrN2OS. The molecule has 1 saturated heterocycles. The van der Waals surface area contributed by atoms with Crippen LogP contribution in [0, 0.1) is 0 Å². The number of nitrogens with one attached hydrogen (secondary N) is 1. The average Bonchev–Trinajstić information content (AvgIpc) is 3.01. The number of hydrogen-bond donors (Lipinski definition) is 1. The van der Waals surface area contributed by atoms with Gasteiger partial charge in [-0.1, -0.05) is 40.9 Å². The summed E-state index contributed by atoms with van der Waals surface area (Å²) >= 11 is 4.88. The SMILES string of the molecule is O=C1NC(=NC2CCCC2)SC1=Cc1cccc(Br)c1. The molecule has 20 heavy (non-hydrogen) atoms. The summed E-state index contributed by atoms with van der Waals surface area (Å²) in [6.45, 7) is 0. The molecule has 0 bridgehead atoms. The van der Waals surface area contributed by atoms with E-state index in [1.54, 1.807) is 0 Å². The number of aliphatic imine (C=N–C) groups is 1. The van der Waals surface area contributed by atoms with E-state index in [0.717, 1.165) is 28.0 Å². The van der Waals surface area contributed by atoms with Crippen LogP contribution in [0.3, 0.4) is 0 Å². The zero-order chi connectivity index (χ0) is 13.9. The molecule has 5 heteroatoms. The fraction of sp³-hybridized carbons (Fsp3) is 0.333. The third-order valence-electron chi connectivity index (χ3n) is 3.42. The largest absolute Gasteiger partial charge is 0.301 e. The molecule has 3 nitrogen and oxygen atoms in total. The summed E-state index contributed by atoms with van der Waals surface area (Å²) < 4.78 is 1.01. The molecule has 1 aromatic carbocycles. The highest BCUT2D eigenvalue weighted by Crippen LogP contribution is 2.29. The van der Waals surface area contributed by atoms with Crippen LogP contribution in [0.1, 0.15) is 31.2 Å². The van der Waals surface area contributed by atoms with Gasteiger partial charge in [0.25, 0.3) is 5.91 Å². The summed E-state index contributed by atoms with van der Waals surface area (Å²) in [6.07, 6.45) is 6.69. The van der Waals surface area contributed by atoms with Gasteiger partial charge in [0, 0.05) is 4.47 Å². The van der Waals surface area contributed by atoms with Crippen LogP contribution in [0.25, 0.3) is 6.08 Å². The number of carbonyl (C=O) groups excluding carboxylic acids is 1. The van der Waals surface area contributed by atoms with Crippen molar-refractivity contribution in [1.29, 1.82) is 0 Å². The van der Waals surface area contributed by atoms with Crippen molar-refractivity contribution in [2.75, 3.05) is 0 Å². The number of carbonyl (C=O) groups is 1. The number of thioether (sulfide) groups is 1. The minimum absolute atomic E-state index is 0.0493. The number of amides is 1. The Morgan fingerprint density at radius 3 is 2.90 bits per heavy atom. The van der Waals surface area contributed by atoms with Gasteiger partial charge in [-0.3, -0.25) is 9.79 Å². The first-order valence-electron chi connectivity index (χ1n) is 6.75. The molecular weight excluding hydrogens is 336 g/mol. The maximum absolute atomic E-state index is 12.0. The normalized spacial score (nSPS) is 23.8. The van der Waals surface area contributed by atoms with Crippen molar-refractivity contribution in [3.05, 3.63) is 39.2 Å². The molecule has 1 heterocycles. The van der Waals surface area contributed by atoms with Gasteiger partial charge in [0.15, 0.2) is 5.17 Å². The first kappa shape index (κ1) is 13.9. The van der Waals surface area contributed by atoms with E-state index >= 15 is 0 Å². The topological polar surface area (TPSA) is 41.5 Å². The lowest BCUT2D eigenvalue weighted by atomic mass is 10.2. The number of amidine groups is 1. The average molecular weight is 351 g/mol. The predicted molar refractivity (Wildman–Crippen MR) is 87.5 cm³/mol. The second-order valence-electron chi connectivity index (χ2n) is 4.99. The zero-order valence-corrected chi connectivity index (χ0v) is 13.3. The Morgan fingerprint density at radius 2 is 2.15 bits per heavy atom. The van der Waals surface area contributed by atoms with Gasteiger partial charge in [-0.25, -0.2) is 0 Å². The van der Waals surface area contributed by atoms with E-state index in [4.69, 9.17) is 0 Å². The molecule has 0 radical (unpaired) electrons. The summed E-state index contributed by atoms with van der Waals surface area (Å²) in [7, 11) is 0. The standard InChI is InChI=1S/C15H15BrN2OS/c16-11-5-3-4-10(8-11)9-13-14(19)18-15(20-13)17-12-6-1-2-7-12/h3-5,8-9,12H,1-2,6-7H2,(H,17,18,19). The molecule has 104 valence electrons. The minimum Gasteiger partial charge on any atom is -0.301 e. The Labute approximate surface area is 131 Å². The molecule has 1 aliphatic carbocycles. The molecule has 1 saturated carbocycles.